The maximum atomic E-state index is 12.8. The van der Waals surface area contributed by atoms with E-state index in [1.807, 2.05) is 0 Å². The zero-order chi connectivity index (χ0) is 9.35. The van der Waals surface area contributed by atoms with Gasteiger partial charge in [0, 0.05) is 24.7 Å². The molecular weight excluding hydrogens is 162 g/mol. The summed E-state index contributed by atoms with van der Waals surface area (Å²) in [6.07, 6.45) is 5.09. The van der Waals surface area contributed by atoms with Crippen molar-refractivity contribution >= 4 is 5.78 Å². The molecule has 0 radical (unpaired) electrons. The zero-order valence-electron chi connectivity index (χ0n) is 6.81. The molecule has 66 valence electrons. The first kappa shape index (κ1) is 9.18. The average Bonchev–Trinajstić information content (AvgIpc) is 2.29. The van der Waals surface area contributed by atoms with Gasteiger partial charge in [0.2, 0.25) is 5.92 Å². The summed E-state index contributed by atoms with van der Waals surface area (Å²) in [6.45, 7) is 0.820. The quantitative estimate of drug-likeness (QED) is 0.552. The van der Waals surface area contributed by atoms with Gasteiger partial charge >= 0.3 is 0 Å². The Kier molecular flexibility index (Phi) is 2.18. The van der Waals surface area contributed by atoms with Crippen molar-refractivity contribution in [3.8, 4) is 12.3 Å². The largest absolute Gasteiger partial charge is 0.300 e. The monoisotopic (exact) mass is 172 g/mol. The SMILES string of the molecule is C#CC1CC(=O)CC1C(C)(F)F. The number of rotatable bonds is 1. The van der Waals surface area contributed by atoms with Crippen LogP contribution < -0.4 is 0 Å². The van der Waals surface area contributed by atoms with Gasteiger partial charge in [-0.3, -0.25) is 4.79 Å². The highest BCUT2D eigenvalue weighted by Gasteiger charge is 2.45. The van der Waals surface area contributed by atoms with Gasteiger partial charge in [-0.1, -0.05) is 0 Å². The maximum Gasteiger partial charge on any atom is 0.249 e. The van der Waals surface area contributed by atoms with E-state index in [9.17, 15) is 13.6 Å². The van der Waals surface area contributed by atoms with Crippen LogP contribution in [0.1, 0.15) is 19.8 Å². The Morgan fingerprint density at radius 3 is 2.50 bits per heavy atom. The van der Waals surface area contributed by atoms with Gasteiger partial charge in [0.1, 0.15) is 5.78 Å². The summed E-state index contributed by atoms with van der Waals surface area (Å²) in [5.74, 6) is -2.25. The topological polar surface area (TPSA) is 17.1 Å². The summed E-state index contributed by atoms with van der Waals surface area (Å²) in [7, 11) is 0. The average molecular weight is 172 g/mol. The highest BCUT2D eigenvalue weighted by atomic mass is 19.3. The minimum Gasteiger partial charge on any atom is -0.300 e. The van der Waals surface area contributed by atoms with Crippen molar-refractivity contribution in [2.24, 2.45) is 11.8 Å². The van der Waals surface area contributed by atoms with Crippen LogP contribution in [0, 0.1) is 24.2 Å². The first-order chi connectivity index (χ1) is 5.45. The summed E-state index contributed by atoms with van der Waals surface area (Å²) in [4.78, 5) is 10.8. The number of hydrogen-bond donors (Lipinski definition) is 0. The van der Waals surface area contributed by atoms with Crippen LogP contribution in [-0.2, 0) is 4.79 Å². The molecule has 0 aromatic heterocycles. The first-order valence-electron chi connectivity index (χ1n) is 3.81. The molecule has 1 aliphatic rings. The predicted octanol–water partition coefficient (Wildman–Crippen LogP) is 1.87. The molecule has 0 aromatic carbocycles. The Balaban J connectivity index is 2.79. The molecule has 3 heteroatoms. The van der Waals surface area contributed by atoms with Crippen molar-refractivity contribution in [3.05, 3.63) is 0 Å². The molecule has 0 spiro atoms. The fourth-order valence-corrected chi connectivity index (χ4v) is 1.57. The van der Waals surface area contributed by atoms with Gasteiger partial charge in [-0.2, -0.15) is 0 Å². The Hall–Kier alpha value is -0.910. The molecule has 1 nitrogen and oxygen atoms in total. The molecule has 0 N–H and O–H groups in total. The van der Waals surface area contributed by atoms with Crippen LogP contribution in [0.2, 0.25) is 0 Å². The first-order valence-corrected chi connectivity index (χ1v) is 3.81. The molecule has 0 amide bonds. The number of Topliss-reactive ketones (excluding diaryl/α,β-unsaturated/α-hetero) is 1. The van der Waals surface area contributed by atoms with Crippen molar-refractivity contribution in [1.82, 2.24) is 0 Å². The highest BCUT2D eigenvalue weighted by Crippen LogP contribution is 2.39. The van der Waals surface area contributed by atoms with Crippen molar-refractivity contribution in [2.75, 3.05) is 0 Å². The van der Waals surface area contributed by atoms with E-state index in [4.69, 9.17) is 6.42 Å². The maximum absolute atomic E-state index is 12.8. The van der Waals surface area contributed by atoms with Crippen LogP contribution in [0.3, 0.4) is 0 Å². The van der Waals surface area contributed by atoms with E-state index in [-0.39, 0.29) is 18.6 Å². The predicted molar refractivity (Wildman–Crippen MR) is 40.7 cm³/mol. The second-order valence-electron chi connectivity index (χ2n) is 3.28. The third kappa shape index (κ3) is 1.63. The van der Waals surface area contributed by atoms with Crippen molar-refractivity contribution in [3.63, 3.8) is 0 Å². The molecule has 0 saturated heterocycles. The van der Waals surface area contributed by atoms with Crippen LogP contribution >= 0.6 is 0 Å². The highest BCUT2D eigenvalue weighted by molar-refractivity contribution is 5.81. The van der Waals surface area contributed by atoms with Crippen LogP contribution in [-0.4, -0.2) is 11.7 Å². The Morgan fingerprint density at radius 1 is 1.58 bits per heavy atom. The number of terminal acetylenes is 1. The summed E-state index contributed by atoms with van der Waals surface area (Å²) >= 11 is 0. The van der Waals surface area contributed by atoms with Crippen molar-refractivity contribution in [1.29, 1.82) is 0 Å². The fraction of sp³-hybridized carbons (Fsp3) is 0.667. The van der Waals surface area contributed by atoms with Gasteiger partial charge in [0.05, 0.1) is 0 Å². The molecule has 1 fully saturated rings. The lowest BCUT2D eigenvalue weighted by atomic mass is 9.91. The molecule has 1 rings (SSSR count). The smallest absolute Gasteiger partial charge is 0.249 e. The van der Waals surface area contributed by atoms with E-state index >= 15 is 0 Å². The van der Waals surface area contributed by atoms with E-state index < -0.39 is 17.8 Å². The van der Waals surface area contributed by atoms with Gasteiger partial charge in [0.15, 0.2) is 0 Å². The normalized spacial score (nSPS) is 30.3. The minimum absolute atomic E-state index is 0.0711. The number of hydrogen-bond acceptors (Lipinski definition) is 1. The molecule has 2 unspecified atom stereocenters. The van der Waals surface area contributed by atoms with E-state index in [1.54, 1.807) is 0 Å². The molecule has 1 saturated carbocycles. The molecule has 2 atom stereocenters. The minimum atomic E-state index is -2.83. The van der Waals surface area contributed by atoms with E-state index in [0.29, 0.717) is 0 Å². The molecule has 1 aliphatic carbocycles. The lowest BCUT2D eigenvalue weighted by Gasteiger charge is -2.20. The Bertz CT molecular complexity index is 234. The van der Waals surface area contributed by atoms with Crippen LogP contribution in [0.25, 0.3) is 0 Å². The number of ketones is 1. The van der Waals surface area contributed by atoms with Gasteiger partial charge in [-0.25, -0.2) is 8.78 Å². The van der Waals surface area contributed by atoms with Gasteiger partial charge in [0.25, 0.3) is 0 Å². The second kappa shape index (κ2) is 2.85. The second-order valence-corrected chi connectivity index (χ2v) is 3.28. The van der Waals surface area contributed by atoms with Crippen LogP contribution in [0.5, 0.6) is 0 Å². The van der Waals surface area contributed by atoms with Crippen LogP contribution in [0.4, 0.5) is 8.78 Å². The van der Waals surface area contributed by atoms with Gasteiger partial charge < -0.3 is 0 Å². The molecule has 0 heterocycles. The van der Waals surface area contributed by atoms with E-state index in [2.05, 4.69) is 5.92 Å². The van der Waals surface area contributed by atoms with Crippen LogP contribution in [0.15, 0.2) is 0 Å². The number of carbonyl (C=O) groups excluding carboxylic acids is 1. The molecule has 0 bridgehead atoms. The lowest BCUT2D eigenvalue weighted by Crippen LogP contribution is -2.26. The van der Waals surface area contributed by atoms with Crippen molar-refractivity contribution < 1.29 is 13.6 Å². The van der Waals surface area contributed by atoms with Crippen molar-refractivity contribution in [2.45, 2.75) is 25.7 Å². The molecule has 0 aliphatic heterocycles. The number of alkyl halides is 2. The third-order valence-corrected chi connectivity index (χ3v) is 2.25. The Morgan fingerprint density at radius 2 is 2.17 bits per heavy atom. The number of halogens is 2. The third-order valence-electron chi connectivity index (χ3n) is 2.25. The molecular formula is C9H10F2O. The molecule has 12 heavy (non-hydrogen) atoms. The van der Waals surface area contributed by atoms with Gasteiger partial charge in [-0.15, -0.1) is 12.3 Å². The summed E-state index contributed by atoms with van der Waals surface area (Å²) in [6, 6.07) is 0. The summed E-state index contributed by atoms with van der Waals surface area (Å²) < 4.78 is 25.6. The summed E-state index contributed by atoms with van der Waals surface area (Å²) in [5, 5.41) is 0. The zero-order valence-corrected chi connectivity index (χ0v) is 6.81. The van der Waals surface area contributed by atoms with Gasteiger partial charge in [-0.05, 0) is 6.92 Å². The molecule has 0 aromatic rings. The Labute approximate surface area is 70.1 Å². The lowest BCUT2D eigenvalue weighted by molar-refractivity contribution is -0.119. The fourth-order valence-electron chi connectivity index (χ4n) is 1.57. The van der Waals surface area contributed by atoms with E-state index in [0.717, 1.165) is 6.92 Å². The number of carbonyl (C=O) groups is 1. The standard InChI is InChI=1S/C9H10F2O/c1-3-6-4-7(12)5-8(6)9(2,10)11/h1,6,8H,4-5H2,2H3. The van der Waals surface area contributed by atoms with E-state index in [1.165, 1.54) is 0 Å². The summed E-state index contributed by atoms with van der Waals surface area (Å²) in [5.41, 5.74) is 0.